The van der Waals surface area contributed by atoms with Crippen LogP contribution < -0.4 is 10.6 Å². The minimum absolute atomic E-state index is 0.354. The Morgan fingerprint density at radius 3 is 2.90 bits per heavy atom. The van der Waals surface area contributed by atoms with Gasteiger partial charge in [0.25, 0.3) is 0 Å². The molecule has 0 spiro atoms. The molecule has 0 radical (unpaired) electrons. The van der Waals surface area contributed by atoms with Crippen LogP contribution in [0.1, 0.15) is 30.0 Å². The van der Waals surface area contributed by atoms with E-state index in [9.17, 15) is 0 Å². The number of aliphatic imine (C=N–C) groups is 1. The Labute approximate surface area is 117 Å². The van der Waals surface area contributed by atoms with E-state index in [2.05, 4.69) is 32.0 Å². The van der Waals surface area contributed by atoms with E-state index in [1.54, 1.807) is 0 Å². The van der Waals surface area contributed by atoms with Gasteiger partial charge in [-0.2, -0.15) is 4.98 Å². The topological polar surface area (TPSA) is 76.6 Å². The normalized spacial score (nSPS) is 21.6. The first-order valence-electron chi connectivity index (χ1n) is 7.08. The molecule has 6 heteroatoms. The third kappa shape index (κ3) is 1.79. The van der Waals surface area contributed by atoms with Crippen molar-refractivity contribution in [2.75, 3.05) is 36.9 Å². The summed E-state index contributed by atoms with van der Waals surface area (Å²) >= 11 is 0. The predicted octanol–water partition coefficient (Wildman–Crippen LogP) is 1.20. The zero-order valence-electron chi connectivity index (χ0n) is 11.2. The van der Waals surface area contributed by atoms with Gasteiger partial charge in [-0.25, -0.2) is 4.98 Å². The third-order valence-corrected chi connectivity index (χ3v) is 4.11. The molecule has 6 nitrogen and oxygen atoms in total. The molecule has 0 bridgehead atoms. The van der Waals surface area contributed by atoms with Crippen LogP contribution in [-0.2, 0) is 4.74 Å². The van der Waals surface area contributed by atoms with Crippen molar-refractivity contribution in [2.24, 2.45) is 4.99 Å². The number of ether oxygens (including phenoxy) is 1. The number of fused-ring (bicyclic) bond motifs is 3. The predicted molar refractivity (Wildman–Crippen MR) is 77.9 cm³/mol. The lowest BCUT2D eigenvalue weighted by Gasteiger charge is -2.28. The molecule has 1 aromatic heterocycles. The summed E-state index contributed by atoms with van der Waals surface area (Å²) in [5.74, 6) is 2.66. The van der Waals surface area contributed by atoms with E-state index in [0.717, 1.165) is 62.1 Å². The summed E-state index contributed by atoms with van der Waals surface area (Å²) in [4.78, 5) is 15.6. The fraction of sp³-hybridized carbons (Fsp3) is 0.500. The van der Waals surface area contributed by atoms with Crippen LogP contribution in [-0.4, -0.2) is 42.1 Å². The molecule has 0 atom stereocenters. The highest BCUT2D eigenvalue weighted by atomic mass is 16.5. The Kier molecular flexibility index (Phi) is 2.70. The summed E-state index contributed by atoms with van der Waals surface area (Å²) in [7, 11) is 0. The van der Waals surface area contributed by atoms with Crippen LogP contribution in [0.5, 0.6) is 0 Å². The second-order valence-electron chi connectivity index (χ2n) is 5.32. The smallest absolute Gasteiger partial charge is 0.222 e. The van der Waals surface area contributed by atoms with Crippen LogP contribution in [0.2, 0.25) is 0 Å². The Bertz CT molecular complexity index is 604. The Morgan fingerprint density at radius 1 is 1.20 bits per heavy atom. The minimum atomic E-state index is 0.354. The largest absolute Gasteiger partial charge is 0.381 e. The monoisotopic (exact) mass is 271 g/mol. The maximum absolute atomic E-state index is 5.93. The van der Waals surface area contributed by atoms with E-state index in [-0.39, 0.29) is 0 Å². The molecule has 3 aliphatic rings. The van der Waals surface area contributed by atoms with Gasteiger partial charge in [0.05, 0.1) is 12.2 Å². The fourth-order valence-electron chi connectivity index (χ4n) is 3.12. The van der Waals surface area contributed by atoms with E-state index in [1.165, 1.54) is 0 Å². The lowest BCUT2D eigenvalue weighted by molar-refractivity contribution is 0.0845. The molecule has 1 fully saturated rings. The SMILES string of the molecule is Nc1nc(C2CCOCC2)c2c(n1)N1CCN=C1C=C2. The number of nitrogens with two attached hydrogens (primary N) is 1. The second kappa shape index (κ2) is 4.56. The quantitative estimate of drug-likeness (QED) is 0.830. The number of rotatable bonds is 1. The molecule has 4 heterocycles. The highest BCUT2D eigenvalue weighted by molar-refractivity contribution is 6.12. The zero-order valence-corrected chi connectivity index (χ0v) is 11.2. The molecule has 4 rings (SSSR count). The van der Waals surface area contributed by atoms with Gasteiger partial charge < -0.3 is 15.4 Å². The first-order chi connectivity index (χ1) is 9.83. The van der Waals surface area contributed by atoms with E-state index in [1.807, 2.05) is 0 Å². The Hall–Kier alpha value is -1.95. The number of anilines is 2. The van der Waals surface area contributed by atoms with Crippen LogP contribution in [0.3, 0.4) is 0 Å². The molecule has 3 aliphatic heterocycles. The molecular weight excluding hydrogens is 254 g/mol. The van der Waals surface area contributed by atoms with E-state index >= 15 is 0 Å². The molecule has 20 heavy (non-hydrogen) atoms. The molecule has 104 valence electrons. The number of aromatic nitrogens is 2. The lowest BCUT2D eigenvalue weighted by atomic mass is 9.92. The molecule has 0 aliphatic carbocycles. The molecule has 0 aromatic carbocycles. The van der Waals surface area contributed by atoms with Crippen LogP contribution in [0.4, 0.5) is 11.8 Å². The van der Waals surface area contributed by atoms with Gasteiger partial charge in [-0.15, -0.1) is 0 Å². The van der Waals surface area contributed by atoms with Crippen molar-refractivity contribution in [1.82, 2.24) is 9.97 Å². The Morgan fingerprint density at radius 2 is 2.05 bits per heavy atom. The summed E-state index contributed by atoms with van der Waals surface area (Å²) in [6.45, 7) is 3.28. The molecular formula is C14H17N5O. The van der Waals surface area contributed by atoms with Crippen LogP contribution in [0, 0.1) is 0 Å². The maximum Gasteiger partial charge on any atom is 0.222 e. The summed E-state index contributed by atoms with van der Waals surface area (Å²) < 4.78 is 5.44. The molecule has 1 aromatic rings. The van der Waals surface area contributed by atoms with Crippen LogP contribution >= 0.6 is 0 Å². The number of hydrogen-bond donors (Lipinski definition) is 1. The van der Waals surface area contributed by atoms with Crippen molar-refractivity contribution in [1.29, 1.82) is 0 Å². The third-order valence-electron chi connectivity index (χ3n) is 4.11. The van der Waals surface area contributed by atoms with Gasteiger partial charge in [-0.3, -0.25) is 4.99 Å². The van der Waals surface area contributed by atoms with E-state index < -0.39 is 0 Å². The van der Waals surface area contributed by atoms with Crippen molar-refractivity contribution in [3.63, 3.8) is 0 Å². The molecule has 0 unspecified atom stereocenters. The standard InChI is InChI=1S/C14H17N5O/c15-14-17-12(9-3-7-20-8-4-9)10-1-2-11-16-5-6-19(11)13(10)18-14/h1-2,9H,3-8H2,(H2,15,17,18). The average molecular weight is 271 g/mol. The van der Waals surface area contributed by atoms with Crippen molar-refractivity contribution in [3.05, 3.63) is 17.3 Å². The Balaban J connectivity index is 1.82. The molecule has 0 saturated carbocycles. The maximum atomic E-state index is 5.93. The zero-order chi connectivity index (χ0) is 13.5. The highest BCUT2D eigenvalue weighted by Crippen LogP contribution is 2.36. The number of amidine groups is 1. The number of nitrogens with zero attached hydrogens (tertiary/aromatic N) is 4. The summed E-state index contributed by atoms with van der Waals surface area (Å²) in [6.07, 6.45) is 6.13. The van der Waals surface area contributed by atoms with Crippen molar-refractivity contribution in [2.45, 2.75) is 18.8 Å². The van der Waals surface area contributed by atoms with Gasteiger partial charge in [0.1, 0.15) is 11.7 Å². The van der Waals surface area contributed by atoms with Crippen LogP contribution in [0.15, 0.2) is 11.1 Å². The van der Waals surface area contributed by atoms with Gasteiger partial charge in [0, 0.05) is 31.2 Å². The summed E-state index contributed by atoms with van der Waals surface area (Å²) in [6, 6.07) is 0. The van der Waals surface area contributed by atoms with Crippen LogP contribution in [0.25, 0.3) is 6.08 Å². The molecule has 2 N–H and O–H groups in total. The van der Waals surface area contributed by atoms with Crippen molar-refractivity contribution < 1.29 is 4.74 Å². The van der Waals surface area contributed by atoms with Gasteiger partial charge >= 0.3 is 0 Å². The van der Waals surface area contributed by atoms with Gasteiger partial charge in [-0.1, -0.05) is 0 Å². The first kappa shape index (κ1) is 11.8. The number of hydrogen-bond acceptors (Lipinski definition) is 6. The molecule has 1 saturated heterocycles. The van der Waals surface area contributed by atoms with E-state index in [4.69, 9.17) is 10.5 Å². The van der Waals surface area contributed by atoms with Gasteiger partial charge in [-0.05, 0) is 25.0 Å². The first-order valence-corrected chi connectivity index (χ1v) is 7.08. The number of nitrogen functional groups attached to an aromatic ring is 1. The van der Waals surface area contributed by atoms with Crippen molar-refractivity contribution in [3.8, 4) is 0 Å². The summed E-state index contributed by atoms with van der Waals surface area (Å²) in [5.41, 5.74) is 8.10. The lowest BCUT2D eigenvalue weighted by Crippen LogP contribution is -2.31. The van der Waals surface area contributed by atoms with Gasteiger partial charge in [0.15, 0.2) is 0 Å². The fourth-order valence-corrected chi connectivity index (χ4v) is 3.12. The summed E-state index contributed by atoms with van der Waals surface area (Å²) in [5, 5.41) is 0. The van der Waals surface area contributed by atoms with E-state index in [0.29, 0.717) is 11.9 Å². The van der Waals surface area contributed by atoms with Crippen molar-refractivity contribution >= 4 is 23.7 Å². The van der Waals surface area contributed by atoms with Gasteiger partial charge in [0.2, 0.25) is 5.95 Å². The second-order valence-corrected chi connectivity index (χ2v) is 5.32. The highest BCUT2D eigenvalue weighted by Gasteiger charge is 2.29. The molecule has 0 amide bonds. The average Bonchev–Trinajstić information content (AvgIpc) is 2.96. The minimum Gasteiger partial charge on any atom is -0.381 e.